The lowest BCUT2D eigenvalue weighted by molar-refractivity contribution is 0.0937. The Morgan fingerprint density at radius 3 is 1.77 bits per heavy atom. The van der Waals surface area contributed by atoms with E-state index in [1.807, 2.05) is 53.3 Å². The Kier molecular flexibility index (Phi) is 9.28. The van der Waals surface area contributed by atoms with Crippen LogP contribution in [0, 0.1) is 22.7 Å². The number of hydrogen-bond donors (Lipinski definition) is 0. The molecule has 4 heterocycles. The normalized spacial score (nSPS) is 10.7. The Labute approximate surface area is 256 Å². The van der Waals surface area contributed by atoms with Gasteiger partial charge in [0.05, 0.1) is 47.2 Å². The summed E-state index contributed by atoms with van der Waals surface area (Å²) in [7, 11) is 0. The molecular formula is C34H22N6O3S. The minimum absolute atomic E-state index is 0.257. The molecule has 0 saturated heterocycles. The quantitative estimate of drug-likeness (QED) is 0.205. The van der Waals surface area contributed by atoms with E-state index < -0.39 is 0 Å². The van der Waals surface area contributed by atoms with Gasteiger partial charge < -0.3 is 4.42 Å². The Morgan fingerprint density at radius 1 is 0.727 bits per heavy atom. The van der Waals surface area contributed by atoms with Crippen LogP contribution < -0.4 is 0 Å². The molecule has 0 fully saturated rings. The number of carbonyl (C=O) groups excluding carboxylic acids is 2. The van der Waals surface area contributed by atoms with Crippen LogP contribution in [0.15, 0.2) is 113 Å². The Balaban J connectivity index is 0.000000175. The fourth-order valence-electron chi connectivity index (χ4n) is 3.89. The summed E-state index contributed by atoms with van der Waals surface area (Å²) in [5.41, 5.74) is 5.15. The van der Waals surface area contributed by atoms with Gasteiger partial charge in [-0.25, -0.2) is 9.36 Å². The molecular weight excluding hydrogens is 572 g/mol. The van der Waals surface area contributed by atoms with Crippen molar-refractivity contribution in [2.24, 2.45) is 0 Å². The molecule has 0 aliphatic carbocycles. The van der Waals surface area contributed by atoms with Gasteiger partial charge in [-0.3, -0.25) is 9.59 Å². The highest BCUT2D eigenvalue weighted by Gasteiger charge is 2.11. The maximum absolute atomic E-state index is 12.3. The molecule has 44 heavy (non-hydrogen) atoms. The van der Waals surface area contributed by atoms with Crippen LogP contribution in [0.2, 0.25) is 0 Å². The van der Waals surface area contributed by atoms with Crippen LogP contribution in [-0.4, -0.2) is 31.4 Å². The molecule has 0 saturated carbocycles. The minimum Gasteiger partial charge on any atom is -0.472 e. The lowest BCUT2D eigenvalue weighted by Gasteiger charge is -2.00. The molecule has 0 atom stereocenters. The summed E-state index contributed by atoms with van der Waals surface area (Å²) >= 11 is 1.63. The number of rotatable bonds is 6. The van der Waals surface area contributed by atoms with Crippen molar-refractivity contribution in [1.29, 1.82) is 10.5 Å². The zero-order valence-corrected chi connectivity index (χ0v) is 23.8. The highest BCUT2D eigenvalue weighted by molar-refractivity contribution is 7.08. The maximum Gasteiger partial charge on any atom is 0.278 e. The summed E-state index contributed by atoms with van der Waals surface area (Å²) in [4.78, 5) is 24.6. The van der Waals surface area contributed by atoms with Crippen molar-refractivity contribution in [3.05, 3.63) is 153 Å². The third-order valence-electron chi connectivity index (χ3n) is 6.09. The van der Waals surface area contributed by atoms with Crippen LogP contribution in [0.5, 0.6) is 0 Å². The Hall–Kier alpha value is -6.36. The minimum atomic E-state index is -0.278. The number of nitriles is 2. The molecule has 0 amide bonds. The topological polar surface area (TPSA) is 130 Å². The van der Waals surface area contributed by atoms with Gasteiger partial charge in [0, 0.05) is 29.1 Å². The molecule has 0 aliphatic heterocycles. The lowest BCUT2D eigenvalue weighted by Crippen LogP contribution is -2.12. The second kappa shape index (κ2) is 14.0. The fraction of sp³-hybridized carbons (Fsp3) is 0. The monoisotopic (exact) mass is 594 g/mol. The van der Waals surface area contributed by atoms with E-state index in [9.17, 15) is 9.59 Å². The van der Waals surface area contributed by atoms with Gasteiger partial charge in [0.1, 0.15) is 0 Å². The summed E-state index contributed by atoms with van der Waals surface area (Å²) in [5.74, 6) is -0.535. The molecule has 6 rings (SSSR count). The molecule has 4 aromatic heterocycles. The van der Waals surface area contributed by atoms with Crippen molar-refractivity contribution in [1.82, 2.24) is 19.6 Å². The summed E-state index contributed by atoms with van der Waals surface area (Å²) in [5, 5.41) is 30.3. The molecule has 0 N–H and O–H groups in total. The SMILES string of the molecule is N#Cc1cccc(C(=O)n2ccc(/C=C/c3ccoc3)n2)c1.N#Cc1cccc(C(=O)n2ccc(/C=C/c3ccsc3)n2)c1. The average Bonchev–Trinajstić information content (AvgIpc) is 3.91. The number of nitrogens with zero attached hydrogens (tertiary/aromatic N) is 6. The van der Waals surface area contributed by atoms with Crippen LogP contribution in [0.1, 0.15) is 54.4 Å². The third kappa shape index (κ3) is 7.47. The third-order valence-corrected chi connectivity index (χ3v) is 6.79. The molecule has 0 aliphatic rings. The highest BCUT2D eigenvalue weighted by atomic mass is 32.1. The molecule has 10 heteroatoms. The van der Waals surface area contributed by atoms with Gasteiger partial charge >= 0.3 is 0 Å². The summed E-state index contributed by atoms with van der Waals surface area (Å²) in [6.07, 6.45) is 13.9. The van der Waals surface area contributed by atoms with Crippen LogP contribution in [0.3, 0.4) is 0 Å². The van der Waals surface area contributed by atoms with Gasteiger partial charge in [0.15, 0.2) is 0 Å². The van der Waals surface area contributed by atoms with E-state index in [2.05, 4.69) is 10.2 Å². The average molecular weight is 595 g/mol. The van der Waals surface area contributed by atoms with Crippen LogP contribution in [0.25, 0.3) is 24.3 Å². The highest BCUT2D eigenvalue weighted by Crippen LogP contribution is 2.12. The first kappa shape index (κ1) is 29.1. The first-order valence-corrected chi connectivity index (χ1v) is 14.1. The summed E-state index contributed by atoms with van der Waals surface area (Å²) < 4.78 is 7.51. The first-order valence-electron chi connectivity index (χ1n) is 13.1. The molecule has 0 spiro atoms. The van der Waals surface area contributed by atoms with Crippen molar-refractivity contribution in [2.45, 2.75) is 0 Å². The predicted octanol–water partition coefficient (Wildman–Crippen LogP) is 6.88. The molecule has 9 nitrogen and oxygen atoms in total. The smallest absolute Gasteiger partial charge is 0.278 e. The summed E-state index contributed by atoms with van der Waals surface area (Å²) in [6.45, 7) is 0. The number of hydrogen-bond acceptors (Lipinski definition) is 8. The number of benzene rings is 2. The van der Waals surface area contributed by atoms with Gasteiger partial charge in [-0.15, -0.1) is 0 Å². The largest absolute Gasteiger partial charge is 0.472 e. The van der Waals surface area contributed by atoms with Crippen LogP contribution in [-0.2, 0) is 0 Å². The second-order valence-electron chi connectivity index (χ2n) is 9.15. The maximum atomic E-state index is 12.3. The number of aromatic nitrogens is 4. The van der Waals surface area contributed by atoms with Crippen molar-refractivity contribution in [3.63, 3.8) is 0 Å². The van der Waals surface area contributed by atoms with Crippen LogP contribution in [0.4, 0.5) is 0 Å². The summed E-state index contributed by atoms with van der Waals surface area (Å²) in [6, 6.07) is 24.5. The fourth-order valence-corrected chi connectivity index (χ4v) is 4.52. The molecule has 0 radical (unpaired) electrons. The van der Waals surface area contributed by atoms with E-state index in [1.54, 1.807) is 103 Å². The first-order chi connectivity index (χ1) is 21.5. The van der Waals surface area contributed by atoms with E-state index in [0.29, 0.717) is 33.6 Å². The Bertz CT molecular complexity index is 1890. The number of thiophene rings is 1. The van der Waals surface area contributed by atoms with E-state index in [0.717, 1.165) is 11.1 Å². The lowest BCUT2D eigenvalue weighted by atomic mass is 10.1. The number of furan rings is 1. The van der Waals surface area contributed by atoms with Crippen molar-refractivity contribution >= 4 is 47.5 Å². The molecule has 0 bridgehead atoms. The molecule has 0 unspecified atom stereocenters. The van der Waals surface area contributed by atoms with E-state index in [-0.39, 0.29) is 11.8 Å². The van der Waals surface area contributed by atoms with Gasteiger partial charge in [0.2, 0.25) is 0 Å². The second-order valence-corrected chi connectivity index (χ2v) is 9.93. The van der Waals surface area contributed by atoms with Gasteiger partial charge in [0.25, 0.3) is 11.8 Å². The molecule has 6 aromatic rings. The predicted molar refractivity (Wildman–Crippen MR) is 167 cm³/mol. The zero-order chi connectivity index (χ0) is 30.7. The zero-order valence-electron chi connectivity index (χ0n) is 23.0. The van der Waals surface area contributed by atoms with Gasteiger partial charge in [-0.05, 0) is 95.2 Å². The number of carbonyl (C=O) groups is 2. The van der Waals surface area contributed by atoms with E-state index in [1.165, 1.54) is 9.36 Å². The van der Waals surface area contributed by atoms with Crippen LogP contribution >= 0.6 is 11.3 Å². The van der Waals surface area contributed by atoms with Crippen molar-refractivity contribution in [2.75, 3.05) is 0 Å². The van der Waals surface area contributed by atoms with E-state index in [4.69, 9.17) is 14.9 Å². The molecule has 212 valence electrons. The Morgan fingerprint density at radius 2 is 1.30 bits per heavy atom. The van der Waals surface area contributed by atoms with Crippen molar-refractivity contribution < 1.29 is 14.0 Å². The van der Waals surface area contributed by atoms with Gasteiger partial charge in [-0.2, -0.15) is 32.1 Å². The van der Waals surface area contributed by atoms with Crippen molar-refractivity contribution in [3.8, 4) is 12.1 Å². The van der Waals surface area contributed by atoms with Gasteiger partial charge in [-0.1, -0.05) is 18.2 Å². The molecule has 2 aromatic carbocycles. The van der Waals surface area contributed by atoms with E-state index >= 15 is 0 Å². The standard InChI is InChI=1S/C17H11N3O2.C17H11N3OS/c2*18-11-14-2-1-3-15(10-14)17(21)20-8-6-16(19-20)5-4-13-7-9-22-12-13/h2*1-10,12H/b2*5-4+.